The number of pyridine rings is 1. The zero-order valence-corrected chi connectivity index (χ0v) is 18.3. The van der Waals surface area contributed by atoms with Gasteiger partial charge in [0.2, 0.25) is 5.82 Å². The molecule has 0 spiro atoms. The van der Waals surface area contributed by atoms with E-state index in [1.54, 1.807) is 12.1 Å². The number of halogens is 2. The second-order valence-corrected chi connectivity index (χ2v) is 6.16. The van der Waals surface area contributed by atoms with Crippen molar-refractivity contribution < 1.29 is 32.6 Å². The molecule has 1 aliphatic heterocycles. The number of rotatable bonds is 4. The van der Waals surface area contributed by atoms with E-state index >= 15 is 0 Å². The number of carbonyl (C=O) groups excluding carboxylic acids is 2. The van der Waals surface area contributed by atoms with Crippen LogP contribution in [0.5, 0.6) is 5.75 Å². The zero-order valence-electron chi connectivity index (χ0n) is 18.3. The Hall–Kier alpha value is -3.07. The molecule has 2 heterocycles. The average molecular weight is 438 g/mol. The highest BCUT2D eigenvalue weighted by molar-refractivity contribution is 5.94. The van der Waals surface area contributed by atoms with Crippen molar-refractivity contribution in [2.24, 2.45) is 0 Å². The fourth-order valence-corrected chi connectivity index (χ4v) is 2.57. The summed E-state index contributed by atoms with van der Waals surface area (Å²) in [5, 5.41) is 2.64. The van der Waals surface area contributed by atoms with E-state index in [9.17, 15) is 18.4 Å². The molecule has 1 aromatic heterocycles. The molecule has 1 aliphatic rings. The van der Waals surface area contributed by atoms with Crippen molar-refractivity contribution in [2.75, 3.05) is 19.5 Å². The van der Waals surface area contributed by atoms with Crippen molar-refractivity contribution >= 4 is 17.7 Å². The third kappa shape index (κ3) is 7.93. The number of ether oxygens (including phenoxy) is 3. The summed E-state index contributed by atoms with van der Waals surface area (Å²) in [6, 6.07) is 8.55. The van der Waals surface area contributed by atoms with E-state index in [1.807, 2.05) is 20.8 Å². The highest BCUT2D eigenvalue weighted by atomic mass is 19.2. The minimum Gasteiger partial charge on any atom is -0.494 e. The van der Waals surface area contributed by atoms with Gasteiger partial charge in [-0.25, -0.2) is 14.2 Å². The van der Waals surface area contributed by atoms with Crippen LogP contribution in [0.4, 0.5) is 14.6 Å². The highest BCUT2D eigenvalue weighted by Crippen LogP contribution is 2.20. The van der Waals surface area contributed by atoms with E-state index in [0.717, 1.165) is 12.5 Å². The molecule has 0 bridgehead atoms. The maximum absolute atomic E-state index is 12.5. The first-order valence-corrected chi connectivity index (χ1v) is 9.85. The van der Waals surface area contributed by atoms with Crippen LogP contribution >= 0.6 is 0 Å². The summed E-state index contributed by atoms with van der Waals surface area (Å²) in [5.74, 6) is -2.36. The lowest BCUT2D eigenvalue weighted by Crippen LogP contribution is -2.28. The quantitative estimate of drug-likeness (QED) is 0.714. The van der Waals surface area contributed by atoms with Crippen LogP contribution in [0.15, 0.2) is 36.4 Å². The van der Waals surface area contributed by atoms with Crippen LogP contribution in [0.1, 0.15) is 44.1 Å². The van der Waals surface area contributed by atoms with Gasteiger partial charge in [0, 0.05) is 0 Å². The summed E-state index contributed by atoms with van der Waals surface area (Å²) in [6.45, 7) is 5.93. The van der Waals surface area contributed by atoms with E-state index in [1.165, 1.54) is 32.4 Å². The Labute approximate surface area is 180 Å². The van der Waals surface area contributed by atoms with Gasteiger partial charge >= 0.3 is 5.97 Å². The van der Waals surface area contributed by atoms with E-state index < -0.39 is 23.7 Å². The number of carbonyl (C=O) groups is 2. The molecule has 0 aliphatic carbocycles. The summed E-state index contributed by atoms with van der Waals surface area (Å²) < 4.78 is 39.4. The summed E-state index contributed by atoms with van der Waals surface area (Å²) >= 11 is 0. The Kier molecular flexibility index (Phi) is 11.1. The lowest BCUT2D eigenvalue weighted by Gasteiger charge is -2.11. The Morgan fingerprint density at radius 3 is 2.32 bits per heavy atom. The fraction of sp³-hybridized carbons (Fsp3) is 0.409. The summed E-state index contributed by atoms with van der Waals surface area (Å²) in [4.78, 5) is 27.3. The maximum atomic E-state index is 12.5. The van der Waals surface area contributed by atoms with Gasteiger partial charge in [-0.1, -0.05) is 26.0 Å². The van der Waals surface area contributed by atoms with Gasteiger partial charge in [-0.05, 0) is 44.0 Å². The van der Waals surface area contributed by atoms with Gasteiger partial charge in [-0.3, -0.25) is 4.79 Å². The number of nitrogens with zero attached hydrogens (tertiary/aromatic N) is 1. The van der Waals surface area contributed by atoms with Gasteiger partial charge in [-0.2, -0.15) is 4.39 Å². The number of benzene rings is 1. The van der Waals surface area contributed by atoms with E-state index in [0.29, 0.717) is 12.2 Å². The van der Waals surface area contributed by atoms with Gasteiger partial charge in [-0.15, -0.1) is 0 Å². The van der Waals surface area contributed by atoms with Crippen LogP contribution in [0.25, 0.3) is 0 Å². The number of anilines is 1. The molecule has 1 saturated heterocycles. The second kappa shape index (κ2) is 13.3. The Morgan fingerprint density at radius 1 is 1.10 bits per heavy atom. The number of nitrogens with one attached hydrogen (secondary N) is 1. The number of hydrogen-bond acceptors (Lipinski definition) is 6. The molecule has 170 valence electrons. The topological polar surface area (TPSA) is 86.8 Å². The number of esters is 1. The molecule has 7 nitrogen and oxygen atoms in total. The Balaban J connectivity index is 0.000000337. The largest absolute Gasteiger partial charge is 0.494 e. The highest BCUT2D eigenvalue weighted by Gasteiger charge is 2.28. The van der Waals surface area contributed by atoms with Gasteiger partial charge in [0.15, 0.2) is 17.3 Å². The SMILES string of the molecule is CC.COC(=O)c1cccc(NC(=O)C2CCC(C)O2)n1.COc1cccc(F)c1F. The number of methoxy groups -OCH3 is 2. The third-order valence-electron chi connectivity index (χ3n) is 4.06. The van der Waals surface area contributed by atoms with Crippen LogP contribution in [0.2, 0.25) is 0 Å². The van der Waals surface area contributed by atoms with E-state index in [2.05, 4.69) is 19.8 Å². The van der Waals surface area contributed by atoms with Crippen molar-refractivity contribution in [3.63, 3.8) is 0 Å². The predicted octanol–water partition coefficient (Wildman–Crippen LogP) is 4.37. The normalized spacial score (nSPS) is 16.7. The van der Waals surface area contributed by atoms with Gasteiger partial charge < -0.3 is 19.5 Å². The van der Waals surface area contributed by atoms with Crippen LogP contribution in [-0.4, -0.2) is 43.3 Å². The Morgan fingerprint density at radius 2 is 1.77 bits per heavy atom. The molecule has 2 unspecified atom stereocenters. The van der Waals surface area contributed by atoms with Crippen molar-refractivity contribution in [1.82, 2.24) is 4.98 Å². The number of amides is 1. The number of aromatic nitrogens is 1. The monoisotopic (exact) mass is 438 g/mol. The lowest BCUT2D eigenvalue weighted by atomic mass is 10.2. The Bertz CT molecular complexity index is 864. The van der Waals surface area contributed by atoms with Crippen LogP contribution < -0.4 is 10.1 Å². The van der Waals surface area contributed by atoms with E-state index in [4.69, 9.17) is 4.74 Å². The molecule has 1 aromatic carbocycles. The fourth-order valence-electron chi connectivity index (χ4n) is 2.57. The minimum atomic E-state index is -0.940. The van der Waals surface area contributed by atoms with Crippen molar-refractivity contribution in [3.8, 4) is 5.75 Å². The third-order valence-corrected chi connectivity index (χ3v) is 4.06. The average Bonchev–Trinajstić information content (AvgIpc) is 3.23. The molecule has 2 atom stereocenters. The molecule has 0 radical (unpaired) electrons. The predicted molar refractivity (Wildman–Crippen MR) is 112 cm³/mol. The van der Waals surface area contributed by atoms with Gasteiger partial charge in [0.05, 0.1) is 20.3 Å². The molecule has 1 amide bonds. The molecule has 1 N–H and O–H groups in total. The molecular weight excluding hydrogens is 410 g/mol. The van der Waals surface area contributed by atoms with E-state index in [-0.39, 0.29) is 23.5 Å². The van der Waals surface area contributed by atoms with Crippen LogP contribution in [0.3, 0.4) is 0 Å². The molecule has 31 heavy (non-hydrogen) atoms. The molecule has 2 aromatic rings. The van der Waals surface area contributed by atoms with Crippen molar-refractivity contribution in [3.05, 3.63) is 53.7 Å². The second-order valence-electron chi connectivity index (χ2n) is 6.16. The van der Waals surface area contributed by atoms with Gasteiger partial charge in [0.25, 0.3) is 5.91 Å². The summed E-state index contributed by atoms with van der Waals surface area (Å²) in [7, 11) is 2.57. The first kappa shape index (κ1) is 26.0. The minimum absolute atomic E-state index is 0.0694. The van der Waals surface area contributed by atoms with Gasteiger partial charge in [0.1, 0.15) is 11.9 Å². The summed E-state index contributed by atoms with van der Waals surface area (Å²) in [6.07, 6.45) is 1.22. The zero-order chi connectivity index (χ0) is 23.4. The molecule has 3 rings (SSSR count). The van der Waals surface area contributed by atoms with Crippen molar-refractivity contribution in [1.29, 1.82) is 0 Å². The maximum Gasteiger partial charge on any atom is 0.356 e. The molecular formula is C22H28F2N2O5. The lowest BCUT2D eigenvalue weighted by molar-refractivity contribution is -0.126. The molecule has 1 fully saturated rings. The van der Waals surface area contributed by atoms with Crippen LogP contribution in [0, 0.1) is 11.6 Å². The van der Waals surface area contributed by atoms with Crippen LogP contribution in [-0.2, 0) is 14.3 Å². The number of hydrogen-bond donors (Lipinski definition) is 1. The standard InChI is InChI=1S/C13H16N2O4.C7H6F2O.C2H6/c1-8-6-7-10(19-8)12(16)15-11-5-3-4-9(14-11)13(17)18-2;1-10-6-4-2-3-5(8)7(6)9;1-2/h3-5,8,10H,6-7H2,1-2H3,(H,14,15,16);2-4H,1H3;1-2H3. The smallest absolute Gasteiger partial charge is 0.356 e. The first-order chi connectivity index (χ1) is 14.8. The van der Waals surface area contributed by atoms with Crippen molar-refractivity contribution in [2.45, 2.75) is 45.8 Å². The summed E-state index contributed by atoms with van der Waals surface area (Å²) in [5.41, 5.74) is 0.154. The first-order valence-electron chi connectivity index (χ1n) is 9.85. The molecule has 0 saturated carbocycles. The molecule has 9 heteroatoms.